The highest BCUT2D eigenvalue weighted by Gasteiger charge is 2.47. The highest BCUT2D eigenvalue weighted by molar-refractivity contribution is 6.00. The number of fused-ring (bicyclic) bond motifs is 6. The van der Waals surface area contributed by atoms with Crippen LogP contribution < -0.4 is 5.32 Å². The number of hydrogen-bond donors (Lipinski definition) is 1. The van der Waals surface area contributed by atoms with Crippen molar-refractivity contribution in [2.45, 2.75) is 37.1 Å². The first-order valence-electron chi connectivity index (χ1n) is 20.8. The maximum atomic E-state index is 9.41. The average molecular weight is 756 g/mol. The summed E-state index contributed by atoms with van der Waals surface area (Å²) < 4.78 is 0. The zero-order valence-electron chi connectivity index (χ0n) is 32.7. The molecule has 1 N–H and O–H groups in total. The first kappa shape index (κ1) is 34.9. The topological polar surface area (TPSA) is 48.7 Å². The van der Waals surface area contributed by atoms with Crippen LogP contribution in [0.1, 0.15) is 53.5 Å². The van der Waals surface area contributed by atoms with E-state index in [4.69, 9.17) is 4.98 Å². The van der Waals surface area contributed by atoms with E-state index in [-0.39, 0.29) is 6.04 Å². The quantitative estimate of drug-likeness (QED) is 0.184. The van der Waals surface area contributed by atoms with E-state index in [0.29, 0.717) is 5.56 Å². The highest BCUT2D eigenvalue weighted by Crippen LogP contribution is 2.59. The van der Waals surface area contributed by atoms with E-state index in [9.17, 15) is 5.26 Å². The number of nitriles is 1. The monoisotopic (exact) mass is 755 g/mol. The first-order chi connectivity index (χ1) is 29.2. The van der Waals surface area contributed by atoms with Crippen LogP contribution in [0.4, 0.5) is 5.69 Å². The van der Waals surface area contributed by atoms with Crippen LogP contribution in [0, 0.1) is 11.3 Å². The SMILES string of the molecule is N#Cc1ccc(-c2ccc(-c3cc4c(cc3-c3ccc5ccc6c(c5n3)NC(C3=CC=CCC3)C=C6)-c3ccccc3C4(C3=CCCC=C3)c3ccccc3)cc2)cc1. The number of rotatable bonds is 6. The van der Waals surface area contributed by atoms with Gasteiger partial charge in [0.15, 0.2) is 0 Å². The number of benzene rings is 6. The third-order valence-electron chi connectivity index (χ3n) is 12.7. The molecule has 0 spiro atoms. The predicted octanol–water partition coefficient (Wildman–Crippen LogP) is 13.8. The lowest BCUT2D eigenvalue weighted by molar-refractivity contribution is 0.752. The normalized spacial score (nSPS) is 18.6. The Labute approximate surface area is 345 Å². The molecule has 2 unspecified atom stereocenters. The van der Waals surface area contributed by atoms with Crippen LogP contribution >= 0.6 is 0 Å². The largest absolute Gasteiger partial charge is 0.373 e. The number of pyridine rings is 1. The van der Waals surface area contributed by atoms with Crippen molar-refractivity contribution in [2.75, 3.05) is 5.32 Å². The molecule has 0 saturated heterocycles. The molecule has 0 amide bonds. The fraction of sp³-hybridized carbons (Fsp3) is 0.107. The van der Waals surface area contributed by atoms with E-state index >= 15 is 0 Å². The van der Waals surface area contributed by atoms with Gasteiger partial charge < -0.3 is 5.32 Å². The fourth-order valence-corrected chi connectivity index (χ4v) is 9.87. The molecule has 6 aromatic carbocycles. The molecule has 11 rings (SSSR count). The molecule has 2 atom stereocenters. The number of allylic oxidation sites excluding steroid dienone is 7. The third-order valence-corrected chi connectivity index (χ3v) is 12.7. The van der Waals surface area contributed by atoms with E-state index in [0.717, 1.165) is 81.3 Å². The van der Waals surface area contributed by atoms with Gasteiger partial charge in [0.05, 0.1) is 40.0 Å². The van der Waals surface area contributed by atoms with Crippen LogP contribution in [0.25, 0.3) is 61.6 Å². The van der Waals surface area contributed by atoms with Gasteiger partial charge in [-0.3, -0.25) is 0 Å². The Hall–Kier alpha value is -7.28. The summed E-state index contributed by atoms with van der Waals surface area (Å²) in [6.45, 7) is 0. The summed E-state index contributed by atoms with van der Waals surface area (Å²) in [5, 5.41) is 14.4. The summed E-state index contributed by atoms with van der Waals surface area (Å²) in [4.78, 5) is 5.59. The summed E-state index contributed by atoms with van der Waals surface area (Å²) in [5.74, 6) is 0. The van der Waals surface area contributed by atoms with Crippen LogP contribution in [0.2, 0.25) is 0 Å². The number of nitrogens with zero attached hydrogens (tertiary/aromatic N) is 2. The predicted molar refractivity (Wildman–Crippen MR) is 244 cm³/mol. The van der Waals surface area contributed by atoms with E-state index in [2.05, 4.69) is 175 Å². The lowest BCUT2D eigenvalue weighted by Gasteiger charge is -2.36. The van der Waals surface area contributed by atoms with Gasteiger partial charge in [0.25, 0.3) is 0 Å². The second-order valence-electron chi connectivity index (χ2n) is 16.0. The van der Waals surface area contributed by atoms with E-state index < -0.39 is 5.41 Å². The van der Waals surface area contributed by atoms with Crippen molar-refractivity contribution in [1.82, 2.24) is 4.98 Å². The van der Waals surface area contributed by atoms with Gasteiger partial charge in [-0.2, -0.15) is 5.26 Å². The third kappa shape index (κ3) is 5.75. The van der Waals surface area contributed by atoms with Gasteiger partial charge in [0.2, 0.25) is 0 Å². The minimum absolute atomic E-state index is 0.138. The van der Waals surface area contributed by atoms with Crippen LogP contribution in [0.5, 0.6) is 0 Å². The second-order valence-corrected chi connectivity index (χ2v) is 16.0. The molecule has 0 saturated carbocycles. The maximum absolute atomic E-state index is 9.41. The van der Waals surface area contributed by atoms with Crippen molar-refractivity contribution in [3.05, 3.63) is 221 Å². The van der Waals surface area contributed by atoms with E-state index in [1.807, 2.05) is 24.3 Å². The van der Waals surface area contributed by atoms with Gasteiger partial charge in [-0.05, 0) is 123 Å². The van der Waals surface area contributed by atoms with Crippen molar-refractivity contribution in [3.8, 4) is 50.7 Å². The zero-order valence-corrected chi connectivity index (χ0v) is 32.7. The van der Waals surface area contributed by atoms with Crippen LogP contribution in [-0.2, 0) is 5.41 Å². The molecule has 1 aliphatic heterocycles. The molecule has 1 aromatic heterocycles. The first-order valence-corrected chi connectivity index (χ1v) is 20.8. The Kier molecular flexibility index (Phi) is 8.45. The molecule has 7 aromatic rings. The minimum Gasteiger partial charge on any atom is -0.373 e. The zero-order chi connectivity index (χ0) is 39.3. The maximum Gasteiger partial charge on any atom is 0.0991 e. The van der Waals surface area contributed by atoms with Gasteiger partial charge in [-0.15, -0.1) is 0 Å². The smallest absolute Gasteiger partial charge is 0.0991 e. The molecule has 0 radical (unpaired) electrons. The summed E-state index contributed by atoms with van der Waals surface area (Å²) in [6.07, 6.45) is 22.6. The van der Waals surface area contributed by atoms with Gasteiger partial charge in [-0.25, -0.2) is 4.98 Å². The van der Waals surface area contributed by atoms with Crippen molar-refractivity contribution < 1.29 is 0 Å². The van der Waals surface area contributed by atoms with Crippen molar-refractivity contribution in [1.29, 1.82) is 5.26 Å². The molecule has 59 heavy (non-hydrogen) atoms. The molecule has 0 fully saturated rings. The Morgan fingerprint density at radius 2 is 1.42 bits per heavy atom. The van der Waals surface area contributed by atoms with E-state index in [1.54, 1.807) is 0 Å². The Morgan fingerprint density at radius 1 is 0.644 bits per heavy atom. The number of nitrogens with one attached hydrogen (secondary N) is 1. The number of anilines is 1. The molecular weight excluding hydrogens is 715 g/mol. The molecule has 0 bridgehead atoms. The number of hydrogen-bond acceptors (Lipinski definition) is 3. The van der Waals surface area contributed by atoms with Crippen LogP contribution in [0.15, 0.2) is 193 Å². The standard InChI is InChI=1S/C56H41N3/c57-36-37-20-22-38(23-21-37)39-24-26-40(27-25-39)47-35-51-48(46-18-10-11-19-50(46)56(51,44-14-6-2-7-15-44)45-16-8-3-9-17-45)34-49(47)53-33-31-43-29-28-42-30-32-52(41-12-4-1-5-13-41)58-54(42)55(43)59-53/h1-2,4,6-8,10-12,14-35,52,58H,3,5,9,13H2. The van der Waals surface area contributed by atoms with Crippen molar-refractivity contribution in [2.24, 2.45) is 0 Å². The Bertz CT molecular complexity index is 3010. The summed E-state index contributed by atoms with van der Waals surface area (Å²) in [6, 6.07) is 53.0. The Morgan fingerprint density at radius 3 is 2.20 bits per heavy atom. The minimum atomic E-state index is -0.482. The lowest BCUT2D eigenvalue weighted by Crippen LogP contribution is -2.29. The Balaban J connectivity index is 1.15. The average Bonchev–Trinajstić information content (AvgIpc) is 3.61. The molecule has 3 heteroatoms. The molecular formula is C56H41N3. The summed E-state index contributed by atoms with van der Waals surface area (Å²) in [5.41, 5.74) is 19.0. The van der Waals surface area contributed by atoms with Crippen LogP contribution in [0.3, 0.4) is 0 Å². The lowest BCUT2D eigenvalue weighted by atomic mass is 9.66. The molecule has 2 heterocycles. The number of aromatic nitrogens is 1. The summed E-state index contributed by atoms with van der Waals surface area (Å²) >= 11 is 0. The summed E-state index contributed by atoms with van der Waals surface area (Å²) in [7, 11) is 0. The molecule has 3 aliphatic carbocycles. The van der Waals surface area contributed by atoms with E-state index in [1.165, 1.54) is 39.0 Å². The highest BCUT2D eigenvalue weighted by atomic mass is 14.9. The van der Waals surface area contributed by atoms with Crippen molar-refractivity contribution >= 4 is 22.7 Å². The second kappa shape index (κ2) is 14.3. The van der Waals surface area contributed by atoms with Gasteiger partial charge >= 0.3 is 0 Å². The van der Waals surface area contributed by atoms with Gasteiger partial charge in [0.1, 0.15) is 0 Å². The fourth-order valence-electron chi connectivity index (χ4n) is 9.87. The van der Waals surface area contributed by atoms with Gasteiger partial charge in [0, 0.05) is 10.9 Å². The molecule has 3 nitrogen and oxygen atoms in total. The van der Waals surface area contributed by atoms with Crippen LogP contribution in [-0.4, -0.2) is 11.0 Å². The van der Waals surface area contributed by atoms with Crippen molar-refractivity contribution in [3.63, 3.8) is 0 Å². The molecule has 4 aliphatic rings. The van der Waals surface area contributed by atoms with Gasteiger partial charge in [-0.1, -0.05) is 158 Å². The molecule has 280 valence electrons.